The Balaban J connectivity index is 1.53. The van der Waals surface area contributed by atoms with Crippen molar-refractivity contribution in [2.75, 3.05) is 5.32 Å². The van der Waals surface area contributed by atoms with Gasteiger partial charge in [0.1, 0.15) is 0 Å². The van der Waals surface area contributed by atoms with E-state index in [2.05, 4.69) is 27.8 Å². The summed E-state index contributed by atoms with van der Waals surface area (Å²) in [4.78, 5) is 27.8. The number of urea groups is 1. The van der Waals surface area contributed by atoms with E-state index in [1.807, 2.05) is 42.6 Å². The van der Waals surface area contributed by atoms with Gasteiger partial charge in [-0.1, -0.05) is 42.5 Å². The normalized spacial score (nSPS) is 11.6. The van der Waals surface area contributed by atoms with E-state index in [1.54, 1.807) is 23.5 Å². The van der Waals surface area contributed by atoms with Crippen LogP contribution in [0.3, 0.4) is 0 Å². The number of nitrogens with one attached hydrogen (secondary N) is 2. The fraction of sp³-hybridized carbons (Fsp3) is 0.190. The summed E-state index contributed by atoms with van der Waals surface area (Å²) >= 11 is 1.57. The molecule has 1 unspecified atom stereocenters. The molecule has 0 bridgehead atoms. The Morgan fingerprint density at radius 2 is 1.82 bits per heavy atom. The van der Waals surface area contributed by atoms with Crippen LogP contribution in [0.5, 0.6) is 0 Å². The van der Waals surface area contributed by atoms with Crippen LogP contribution in [0, 0.1) is 0 Å². The maximum atomic E-state index is 12.4. The molecule has 1 atom stereocenters. The van der Waals surface area contributed by atoms with Gasteiger partial charge in [-0.15, -0.1) is 11.3 Å². The third-order valence-electron chi connectivity index (χ3n) is 4.19. The lowest BCUT2D eigenvalue weighted by Crippen LogP contribution is -2.28. The fourth-order valence-corrected chi connectivity index (χ4v) is 3.65. The zero-order valence-electron chi connectivity index (χ0n) is 15.5. The minimum absolute atomic E-state index is 0.0802. The molecule has 1 heterocycles. The second-order valence-corrected chi connectivity index (χ2v) is 7.41. The van der Waals surface area contributed by atoms with Crippen LogP contribution in [-0.2, 0) is 17.6 Å². The Morgan fingerprint density at radius 1 is 1.11 bits per heavy atom. The third-order valence-corrected chi connectivity index (χ3v) is 5.09. The van der Waals surface area contributed by atoms with Crippen LogP contribution in [0.15, 0.2) is 60.0 Å². The van der Waals surface area contributed by atoms with Crippen molar-refractivity contribution >= 4 is 29.0 Å². The molecule has 0 radical (unpaired) electrons. The number of aromatic nitrogens is 1. The Hall–Kier alpha value is -3.19. The molecule has 0 saturated heterocycles. The molecule has 3 aromatic rings. The van der Waals surface area contributed by atoms with Gasteiger partial charge in [-0.05, 0) is 30.2 Å². The van der Waals surface area contributed by atoms with Crippen LogP contribution in [0.2, 0.25) is 0 Å². The third kappa shape index (κ3) is 5.65. The van der Waals surface area contributed by atoms with Crippen LogP contribution in [-0.4, -0.2) is 16.9 Å². The van der Waals surface area contributed by atoms with Gasteiger partial charge in [0.15, 0.2) is 0 Å². The molecule has 6 nitrogen and oxygen atoms in total. The minimum Gasteiger partial charge on any atom is -0.351 e. The number of anilines is 1. The number of benzene rings is 2. The molecule has 3 amide bonds. The van der Waals surface area contributed by atoms with E-state index in [1.165, 1.54) is 5.56 Å². The number of carbonyl (C=O) groups is 2. The van der Waals surface area contributed by atoms with Crippen LogP contribution >= 0.6 is 11.3 Å². The predicted molar refractivity (Wildman–Crippen MR) is 111 cm³/mol. The van der Waals surface area contributed by atoms with Gasteiger partial charge in [-0.25, -0.2) is 9.78 Å². The molecule has 0 spiro atoms. The second kappa shape index (κ2) is 9.14. The summed E-state index contributed by atoms with van der Waals surface area (Å²) in [5.41, 5.74) is 8.63. The van der Waals surface area contributed by atoms with Crippen molar-refractivity contribution in [3.63, 3.8) is 0 Å². The molecule has 144 valence electrons. The van der Waals surface area contributed by atoms with Crippen LogP contribution < -0.4 is 16.4 Å². The molecule has 0 aliphatic rings. The molecular formula is C21H22N4O2S. The first kappa shape index (κ1) is 19.6. The number of carbonyl (C=O) groups excluding carboxylic acids is 2. The zero-order chi connectivity index (χ0) is 19.9. The van der Waals surface area contributed by atoms with E-state index in [0.717, 1.165) is 22.7 Å². The summed E-state index contributed by atoms with van der Waals surface area (Å²) < 4.78 is 0. The van der Waals surface area contributed by atoms with Gasteiger partial charge in [-0.2, -0.15) is 0 Å². The highest BCUT2D eigenvalue weighted by atomic mass is 32.1. The highest BCUT2D eigenvalue weighted by Gasteiger charge is 2.12. The molecule has 4 N–H and O–H groups in total. The van der Waals surface area contributed by atoms with Gasteiger partial charge in [0, 0.05) is 17.5 Å². The quantitative estimate of drug-likeness (QED) is 0.571. The highest BCUT2D eigenvalue weighted by Crippen LogP contribution is 2.18. The SMILES string of the molecule is CC(NC(=O)Cc1csc(Cc2ccccc2)n1)c1ccc(NC(N)=O)cc1. The van der Waals surface area contributed by atoms with Crippen LogP contribution in [0.4, 0.5) is 10.5 Å². The first-order valence-electron chi connectivity index (χ1n) is 8.92. The van der Waals surface area contributed by atoms with E-state index in [9.17, 15) is 9.59 Å². The van der Waals surface area contributed by atoms with Crippen molar-refractivity contribution in [3.05, 3.63) is 81.8 Å². The monoisotopic (exact) mass is 394 g/mol. The van der Waals surface area contributed by atoms with Crippen molar-refractivity contribution in [1.29, 1.82) is 0 Å². The number of amides is 3. The predicted octanol–water partition coefficient (Wildman–Crippen LogP) is 3.64. The van der Waals surface area contributed by atoms with Gasteiger partial charge in [-0.3, -0.25) is 4.79 Å². The van der Waals surface area contributed by atoms with Gasteiger partial charge in [0.2, 0.25) is 5.91 Å². The van der Waals surface area contributed by atoms with Gasteiger partial charge < -0.3 is 16.4 Å². The van der Waals surface area contributed by atoms with Crippen LogP contribution in [0.25, 0.3) is 0 Å². The van der Waals surface area contributed by atoms with E-state index < -0.39 is 6.03 Å². The molecule has 2 aromatic carbocycles. The number of rotatable bonds is 7. The summed E-state index contributed by atoms with van der Waals surface area (Å²) in [5.74, 6) is -0.0802. The first-order valence-corrected chi connectivity index (χ1v) is 9.80. The van der Waals surface area contributed by atoms with E-state index in [0.29, 0.717) is 5.69 Å². The van der Waals surface area contributed by atoms with Gasteiger partial charge in [0.05, 0.1) is 23.2 Å². The lowest BCUT2D eigenvalue weighted by atomic mass is 10.1. The summed E-state index contributed by atoms with van der Waals surface area (Å²) in [6.07, 6.45) is 1.02. The molecule has 1 aromatic heterocycles. The van der Waals surface area contributed by atoms with Crippen molar-refractivity contribution in [3.8, 4) is 0 Å². The van der Waals surface area contributed by atoms with Crippen molar-refractivity contribution in [2.24, 2.45) is 5.73 Å². The molecule has 0 saturated carbocycles. The van der Waals surface area contributed by atoms with E-state index >= 15 is 0 Å². The number of hydrogen-bond acceptors (Lipinski definition) is 4. The molecule has 3 rings (SSSR count). The molecule has 0 aliphatic carbocycles. The molecule has 0 fully saturated rings. The lowest BCUT2D eigenvalue weighted by molar-refractivity contribution is -0.121. The van der Waals surface area contributed by atoms with Crippen molar-refractivity contribution < 1.29 is 9.59 Å². The molecule has 7 heteroatoms. The summed E-state index contributed by atoms with van der Waals surface area (Å²) in [7, 11) is 0. The topological polar surface area (TPSA) is 97.1 Å². The maximum absolute atomic E-state index is 12.4. The fourth-order valence-electron chi connectivity index (χ4n) is 2.82. The number of primary amides is 1. The summed E-state index contributed by atoms with van der Waals surface area (Å²) in [6, 6.07) is 16.6. The Labute approximate surface area is 167 Å². The second-order valence-electron chi connectivity index (χ2n) is 6.47. The lowest BCUT2D eigenvalue weighted by Gasteiger charge is -2.14. The van der Waals surface area contributed by atoms with Gasteiger partial charge in [0.25, 0.3) is 0 Å². The number of thiazole rings is 1. The molecular weight excluding hydrogens is 372 g/mol. The highest BCUT2D eigenvalue weighted by molar-refractivity contribution is 7.09. The van der Waals surface area contributed by atoms with Crippen molar-refractivity contribution in [1.82, 2.24) is 10.3 Å². The van der Waals surface area contributed by atoms with Crippen LogP contribution in [0.1, 0.15) is 34.8 Å². The average molecular weight is 395 g/mol. The van der Waals surface area contributed by atoms with Gasteiger partial charge >= 0.3 is 6.03 Å². The maximum Gasteiger partial charge on any atom is 0.316 e. The summed E-state index contributed by atoms with van der Waals surface area (Å²) in [5, 5.41) is 8.42. The minimum atomic E-state index is -0.607. The number of nitrogens with two attached hydrogens (primary N) is 1. The standard InChI is InChI=1S/C21H22N4O2S/c1-14(16-7-9-17(10-8-16)25-21(22)27)23-19(26)12-18-13-28-20(24-18)11-15-5-3-2-4-6-15/h2-10,13-14H,11-12H2,1H3,(H,23,26)(H3,22,25,27). The molecule has 0 aliphatic heterocycles. The number of nitrogens with zero attached hydrogens (tertiary/aromatic N) is 1. The van der Waals surface area contributed by atoms with E-state index in [-0.39, 0.29) is 18.4 Å². The Bertz CT molecular complexity index is 939. The average Bonchev–Trinajstić information content (AvgIpc) is 3.09. The van der Waals surface area contributed by atoms with Crippen molar-refractivity contribution in [2.45, 2.75) is 25.8 Å². The number of hydrogen-bond donors (Lipinski definition) is 3. The smallest absolute Gasteiger partial charge is 0.316 e. The summed E-state index contributed by atoms with van der Waals surface area (Å²) in [6.45, 7) is 1.91. The Morgan fingerprint density at radius 3 is 2.50 bits per heavy atom. The largest absolute Gasteiger partial charge is 0.351 e. The first-order chi connectivity index (χ1) is 13.5. The van der Waals surface area contributed by atoms with E-state index in [4.69, 9.17) is 5.73 Å². The molecule has 28 heavy (non-hydrogen) atoms. The Kier molecular flexibility index (Phi) is 6.39. The zero-order valence-corrected chi connectivity index (χ0v) is 16.3.